The number of nitrogens with zero attached hydrogens (tertiary/aromatic N) is 1. The number of para-hydroxylation sites is 1. The van der Waals surface area contributed by atoms with Gasteiger partial charge in [-0.15, -0.1) is 0 Å². The van der Waals surface area contributed by atoms with Gasteiger partial charge in [-0.1, -0.05) is 48.5 Å². The quantitative estimate of drug-likeness (QED) is 0.742. The molecule has 5 nitrogen and oxygen atoms in total. The van der Waals surface area contributed by atoms with Gasteiger partial charge < -0.3 is 15.0 Å². The van der Waals surface area contributed by atoms with Crippen LogP contribution in [0.4, 0.5) is 0 Å². The topological polar surface area (TPSA) is 58.6 Å². The summed E-state index contributed by atoms with van der Waals surface area (Å²) in [5.41, 5.74) is 1.24. The summed E-state index contributed by atoms with van der Waals surface area (Å²) in [7, 11) is 0. The van der Waals surface area contributed by atoms with Crippen LogP contribution in [0.5, 0.6) is 5.75 Å². The molecule has 1 unspecified atom stereocenters. The number of hydrogen-bond donors (Lipinski definition) is 1. The molecule has 2 amide bonds. The van der Waals surface area contributed by atoms with E-state index < -0.39 is 0 Å². The number of hydrogen-bond acceptors (Lipinski definition) is 3. The maximum absolute atomic E-state index is 12.2. The predicted molar refractivity (Wildman–Crippen MR) is 104 cm³/mol. The third-order valence-corrected chi connectivity index (χ3v) is 4.74. The molecular formula is C22H26N2O3. The first-order valence-electron chi connectivity index (χ1n) is 9.47. The highest BCUT2D eigenvalue weighted by molar-refractivity contribution is 5.79. The molecule has 0 spiro atoms. The third-order valence-electron chi connectivity index (χ3n) is 4.74. The lowest BCUT2D eigenvalue weighted by atomic mass is 10.1. The number of amides is 2. The Morgan fingerprint density at radius 2 is 1.78 bits per heavy atom. The Labute approximate surface area is 160 Å². The normalized spacial score (nSPS) is 16.4. The zero-order valence-electron chi connectivity index (χ0n) is 15.5. The molecule has 2 aromatic rings. The highest BCUT2D eigenvalue weighted by atomic mass is 16.5. The van der Waals surface area contributed by atoms with Crippen molar-refractivity contribution in [1.82, 2.24) is 10.2 Å². The minimum absolute atomic E-state index is 0.0406. The van der Waals surface area contributed by atoms with Crippen molar-refractivity contribution >= 4 is 11.8 Å². The van der Waals surface area contributed by atoms with Crippen molar-refractivity contribution in [3.8, 4) is 5.75 Å². The molecule has 0 saturated carbocycles. The zero-order valence-corrected chi connectivity index (χ0v) is 15.5. The molecule has 1 aliphatic rings. The summed E-state index contributed by atoms with van der Waals surface area (Å²) < 4.78 is 5.53. The number of nitrogens with one attached hydrogen (secondary N) is 1. The van der Waals surface area contributed by atoms with Gasteiger partial charge in [-0.2, -0.15) is 0 Å². The van der Waals surface area contributed by atoms with E-state index in [1.807, 2.05) is 53.4 Å². The first kappa shape index (κ1) is 19.0. The van der Waals surface area contributed by atoms with Gasteiger partial charge in [0.25, 0.3) is 0 Å². The average Bonchev–Trinajstić information content (AvgIpc) is 3.06. The fraction of sp³-hybridized carbons (Fsp3) is 0.364. The molecule has 5 heteroatoms. The smallest absolute Gasteiger partial charge is 0.223 e. The first-order chi connectivity index (χ1) is 13.2. The van der Waals surface area contributed by atoms with Gasteiger partial charge in [-0.3, -0.25) is 9.59 Å². The van der Waals surface area contributed by atoms with Crippen LogP contribution < -0.4 is 10.1 Å². The standard InChI is InChI=1S/C22H26N2O3/c25-21(12-14-27-20-9-5-2-6-10-20)23-16-19-15-22(26)24(17-19)13-11-18-7-3-1-4-8-18/h1-10,19H,11-17H2,(H,23,25). The summed E-state index contributed by atoms with van der Waals surface area (Å²) >= 11 is 0. The lowest BCUT2D eigenvalue weighted by Gasteiger charge is -2.17. The van der Waals surface area contributed by atoms with Crippen LogP contribution >= 0.6 is 0 Å². The van der Waals surface area contributed by atoms with Crippen LogP contribution in [0, 0.1) is 5.92 Å². The number of rotatable bonds is 9. The van der Waals surface area contributed by atoms with E-state index in [1.165, 1.54) is 5.56 Å². The molecule has 0 radical (unpaired) electrons. The van der Waals surface area contributed by atoms with E-state index in [-0.39, 0.29) is 17.7 Å². The van der Waals surface area contributed by atoms with Crippen LogP contribution in [0.15, 0.2) is 60.7 Å². The second kappa shape index (κ2) is 9.76. The molecule has 1 aliphatic heterocycles. The molecular weight excluding hydrogens is 340 g/mol. The van der Waals surface area contributed by atoms with Gasteiger partial charge in [0.2, 0.25) is 11.8 Å². The van der Waals surface area contributed by atoms with Gasteiger partial charge in [0.1, 0.15) is 5.75 Å². The minimum Gasteiger partial charge on any atom is -0.493 e. The number of benzene rings is 2. The van der Waals surface area contributed by atoms with Gasteiger partial charge in [0.15, 0.2) is 0 Å². The molecule has 1 N–H and O–H groups in total. The van der Waals surface area contributed by atoms with E-state index in [9.17, 15) is 9.59 Å². The lowest BCUT2D eigenvalue weighted by molar-refractivity contribution is -0.127. The van der Waals surface area contributed by atoms with E-state index in [0.29, 0.717) is 32.5 Å². The second-order valence-electron chi connectivity index (χ2n) is 6.86. The Bertz CT molecular complexity index is 734. The van der Waals surface area contributed by atoms with Crippen molar-refractivity contribution < 1.29 is 14.3 Å². The molecule has 1 fully saturated rings. The summed E-state index contributed by atoms with van der Waals surface area (Å²) in [5.74, 6) is 1.09. The van der Waals surface area contributed by atoms with Crippen LogP contribution in [0.25, 0.3) is 0 Å². The van der Waals surface area contributed by atoms with E-state index in [0.717, 1.165) is 18.7 Å². The van der Waals surface area contributed by atoms with Crippen molar-refractivity contribution in [3.63, 3.8) is 0 Å². The van der Waals surface area contributed by atoms with Crippen molar-refractivity contribution in [3.05, 3.63) is 66.2 Å². The maximum atomic E-state index is 12.2. The molecule has 3 rings (SSSR count). The summed E-state index contributed by atoms with van der Waals surface area (Å²) in [6, 6.07) is 19.6. The monoisotopic (exact) mass is 366 g/mol. The van der Waals surface area contributed by atoms with Crippen molar-refractivity contribution in [2.45, 2.75) is 19.3 Å². The van der Waals surface area contributed by atoms with Crippen molar-refractivity contribution in [2.75, 3.05) is 26.2 Å². The van der Waals surface area contributed by atoms with Gasteiger partial charge in [-0.05, 0) is 24.1 Å². The highest BCUT2D eigenvalue weighted by Gasteiger charge is 2.29. The molecule has 0 aliphatic carbocycles. The van der Waals surface area contributed by atoms with Crippen LogP contribution in [0.2, 0.25) is 0 Å². The van der Waals surface area contributed by atoms with Crippen LogP contribution in [-0.4, -0.2) is 43.0 Å². The number of carbonyl (C=O) groups excluding carboxylic acids is 2. The summed E-state index contributed by atoms with van der Waals surface area (Å²) in [6.45, 7) is 2.34. The average molecular weight is 366 g/mol. The zero-order chi connectivity index (χ0) is 18.9. The molecule has 0 bridgehead atoms. The van der Waals surface area contributed by atoms with Crippen LogP contribution in [-0.2, 0) is 16.0 Å². The Kier molecular flexibility index (Phi) is 6.85. The molecule has 142 valence electrons. The van der Waals surface area contributed by atoms with Gasteiger partial charge >= 0.3 is 0 Å². The summed E-state index contributed by atoms with van der Waals surface area (Å²) in [5, 5.41) is 2.93. The fourth-order valence-corrected chi connectivity index (χ4v) is 3.24. The SMILES string of the molecule is O=C(CCOc1ccccc1)NCC1CC(=O)N(CCc2ccccc2)C1. The van der Waals surface area contributed by atoms with Crippen LogP contribution in [0.1, 0.15) is 18.4 Å². The number of likely N-dealkylation sites (tertiary alicyclic amines) is 1. The van der Waals surface area contributed by atoms with E-state index >= 15 is 0 Å². The maximum Gasteiger partial charge on any atom is 0.223 e. The van der Waals surface area contributed by atoms with E-state index in [4.69, 9.17) is 4.74 Å². The lowest BCUT2D eigenvalue weighted by Crippen LogP contribution is -2.32. The van der Waals surface area contributed by atoms with Gasteiger partial charge in [0.05, 0.1) is 13.0 Å². The van der Waals surface area contributed by atoms with Crippen molar-refractivity contribution in [2.24, 2.45) is 5.92 Å². The van der Waals surface area contributed by atoms with E-state index in [2.05, 4.69) is 17.4 Å². The fourth-order valence-electron chi connectivity index (χ4n) is 3.24. The minimum atomic E-state index is -0.0406. The molecule has 1 heterocycles. The molecule has 1 saturated heterocycles. The number of carbonyl (C=O) groups is 2. The Morgan fingerprint density at radius 1 is 1.07 bits per heavy atom. The summed E-state index contributed by atoms with van der Waals surface area (Å²) in [4.78, 5) is 26.1. The molecule has 27 heavy (non-hydrogen) atoms. The third kappa shape index (κ3) is 6.13. The van der Waals surface area contributed by atoms with Gasteiger partial charge in [0, 0.05) is 32.0 Å². The first-order valence-corrected chi connectivity index (χ1v) is 9.47. The Morgan fingerprint density at radius 3 is 2.52 bits per heavy atom. The number of ether oxygens (including phenoxy) is 1. The van der Waals surface area contributed by atoms with Crippen molar-refractivity contribution in [1.29, 1.82) is 0 Å². The second-order valence-corrected chi connectivity index (χ2v) is 6.86. The Balaban J connectivity index is 1.32. The van der Waals surface area contributed by atoms with Gasteiger partial charge in [-0.25, -0.2) is 0 Å². The predicted octanol–water partition coefficient (Wildman–Crippen LogP) is 2.66. The van der Waals surface area contributed by atoms with Crippen LogP contribution in [0.3, 0.4) is 0 Å². The Hall–Kier alpha value is -2.82. The van der Waals surface area contributed by atoms with E-state index in [1.54, 1.807) is 0 Å². The molecule has 1 atom stereocenters. The largest absolute Gasteiger partial charge is 0.493 e. The summed E-state index contributed by atoms with van der Waals surface area (Å²) in [6.07, 6.45) is 1.69. The molecule has 2 aromatic carbocycles. The highest BCUT2D eigenvalue weighted by Crippen LogP contribution is 2.17. The molecule has 0 aromatic heterocycles.